The summed E-state index contributed by atoms with van der Waals surface area (Å²) in [5.41, 5.74) is 6.69. The minimum absolute atomic E-state index is 0.00574. The molecule has 6 heteroatoms. The first kappa shape index (κ1) is 13.5. The van der Waals surface area contributed by atoms with Crippen LogP contribution in [0.15, 0.2) is 5.38 Å². The van der Waals surface area contributed by atoms with E-state index in [-0.39, 0.29) is 17.9 Å². The standard InChI is InChI=1S/C12H19N3O2S/c1-7-6-18-11(15-7)5-14-12(17)8-2-3-9(13)10(16)4-8/h6,8-10,16H,2-5,13H2,1H3,(H,14,17)/t8-,9-,10-/m0/s1. The van der Waals surface area contributed by atoms with Gasteiger partial charge in [-0.15, -0.1) is 11.3 Å². The summed E-state index contributed by atoms with van der Waals surface area (Å²) in [6.45, 7) is 2.40. The van der Waals surface area contributed by atoms with Crippen molar-refractivity contribution >= 4 is 17.2 Å². The molecule has 0 bridgehead atoms. The van der Waals surface area contributed by atoms with Crippen LogP contribution in [0.2, 0.25) is 0 Å². The number of nitrogens with zero attached hydrogens (tertiary/aromatic N) is 1. The van der Waals surface area contributed by atoms with E-state index < -0.39 is 6.10 Å². The van der Waals surface area contributed by atoms with Gasteiger partial charge < -0.3 is 16.2 Å². The van der Waals surface area contributed by atoms with Gasteiger partial charge in [0.2, 0.25) is 5.91 Å². The summed E-state index contributed by atoms with van der Waals surface area (Å²) in [7, 11) is 0. The van der Waals surface area contributed by atoms with E-state index in [0.717, 1.165) is 17.1 Å². The Labute approximate surface area is 110 Å². The molecule has 1 amide bonds. The highest BCUT2D eigenvalue weighted by atomic mass is 32.1. The average molecular weight is 269 g/mol. The van der Waals surface area contributed by atoms with Gasteiger partial charge in [-0.1, -0.05) is 0 Å². The Bertz CT molecular complexity index is 421. The molecule has 0 spiro atoms. The van der Waals surface area contributed by atoms with Crippen LogP contribution < -0.4 is 11.1 Å². The molecule has 1 fully saturated rings. The number of aryl methyl sites for hydroxylation is 1. The van der Waals surface area contributed by atoms with Crippen LogP contribution in [0, 0.1) is 12.8 Å². The lowest BCUT2D eigenvalue weighted by atomic mass is 9.84. The van der Waals surface area contributed by atoms with Crippen molar-refractivity contribution in [1.29, 1.82) is 0 Å². The molecule has 1 aromatic heterocycles. The topological polar surface area (TPSA) is 88.2 Å². The number of amides is 1. The van der Waals surface area contributed by atoms with Gasteiger partial charge in [-0.3, -0.25) is 4.79 Å². The minimum Gasteiger partial charge on any atom is -0.391 e. The molecule has 100 valence electrons. The minimum atomic E-state index is -0.559. The number of nitrogens with two attached hydrogens (primary N) is 1. The first-order valence-electron chi connectivity index (χ1n) is 6.18. The first-order valence-corrected chi connectivity index (χ1v) is 7.06. The summed E-state index contributed by atoms with van der Waals surface area (Å²) in [5.74, 6) is -0.130. The van der Waals surface area contributed by atoms with E-state index in [1.165, 1.54) is 0 Å². The molecule has 0 aromatic carbocycles. The lowest BCUT2D eigenvalue weighted by molar-refractivity contribution is -0.127. The van der Waals surface area contributed by atoms with Crippen molar-refractivity contribution in [3.05, 3.63) is 16.1 Å². The Balaban J connectivity index is 1.81. The third-order valence-corrected chi connectivity index (χ3v) is 4.29. The second-order valence-corrected chi connectivity index (χ2v) is 5.78. The van der Waals surface area contributed by atoms with Crippen LogP contribution in [0.1, 0.15) is 30.0 Å². The lowest BCUT2D eigenvalue weighted by Crippen LogP contribution is -2.44. The highest BCUT2D eigenvalue weighted by molar-refractivity contribution is 7.09. The molecule has 1 heterocycles. The largest absolute Gasteiger partial charge is 0.391 e. The molecule has 2 rings (SSSR count). The molecule has 1 aliphatic rings. The summed E-state index contributed by atoms with van der Waals surface area (Å²) < 4.78 is 0. The number of nitrogens with one attached hydrogen (secondary N) is 1. The number of hydrogen-bond acceptors (Lipinski definition) is 5. The number of carbonyl (C=O) groups is 1. The highest BCUT2D eigenvalue weighted by Crippen LogP contribution is 2.24. The molecule has 0 radical (unpaired) electrons. The first-order chi connectivity index (χ1) is 8.56. The smallest absolute Gasteiger partial charge is 0.223 e. The van der Waals surface area contributed by atoms with Crippen molar-refractivity contribution < 1.29 is 9.90 Å². The molecular formula is C12H19N3O2S. The molecule has 4 N–H and O–H groups in total. The Morgan fingerprint density at radius 3 is 3.06 bits per heavy atom. The van der Waals surface area contributed by atoms with E-state index in [0.29, 0.717) is 19.4 Å². The van der Waals surface area contributed by atoms with E-state index >= 15 is 0 Å². The molecule has 1 saturated carbocycles. The zero-order valence-corrected chi connectivity index (χ0v) is 11.2. The second kappa shape index (κ2) is 5.77. The fourth-order valence-electron chi connectivity index (χ4n) is 2.20. The van der Waals surface area contributed by atoms with Gasteiger partial charge in [0.25, 0.3) is 0 Å². The summed E-state index contributed by atoms with van der Waals surface area (Å²) in [4.78, 5) is 16.2. The number of carbonyl (C=O) groups excluding carboxylic acids is 1. The van der Waals surface area contributed by atoms with E-state index in [4.69, 9.17) is 5.73 Å². The van der Waals surface area contributed by atoms with Crippen molar-refractivity contribution in [2.24, 2.45) is 11.7 Å². The molecule has 18 heavy (non-hydrogen) atoms. The van der Waals surface area contributed by atoms with Crippen LogP contribution in [0.25, 0.3) is 0 Å². The summed E-state index contributed by atoms with van der Waals surface area (Å²) >= 11 is 1.54. The SMILES string of the molecule is Cc1csc(CNC(=O)[C@H]2CC[C@H](N)[C@@H](O)C2)n1. The van der Waals surface area contributed by atoms with Gasteiger partial charge >= 0.3 is 0 Å². The third-order valence-electron chi connectivity index (χ3n) is 3.32. The number of aliphatic hydroxyl groups excluding tert-OH is 1. The zero-order valence-electron chi connectivity index (χ0n) is 10.4. The predicted molar refractivity (Wildman–Crippen MR) is 70.0 cm³/mol. The maximum absolute atomic E-state index is 11.9. The van der Waals surface area contributed by atoms with Crippen LogP contribution in [-0.4, -0.2) is 28.1 Å². The third kappa shape index (κ3) is 3.28. The zero-order chi connectivity index (χ0) is 13.1. The van der Waals surface area contributed by atoms with Gasteiger partial charge in [-0.05, 0) is 26.2 Å². The quantitative estimate of drug-likeness (QED) is 0.748. The molecule has 1 aromatic rings. The van der Waals surface area contributed by atoms with Gasteiger partial charge in [0, 0.05) is 23.0 Å². The fourth-order valence-corrected chi connectivity index (χ4v) is 2.91. The summed E-state index contributed by atoms with van der Waals surface area (Å²) in [6, 6.07) is -0.185. The van der Waals surface area contributed by atoms with Gasteiger partial charge in [-0.25, -0.2) is 4.98 Å². The van der Waals surface area contributed by atoms with Crippen molar-refractivity contribution in [3.8, 4) is 0 Å². The van der Waals surface area contributed by atoms with E-state index in [9.17, 15) is 9.90 Å². The molecule has 5 nitrogen and oxygen atoms in total. The van der Waals surface area contributed by atoms with Gasteiger partial charge in [0.05, 0.1) is 12.6 Å². The molecule has 3 atom stereocenters. The summed E-state index contributed by atoms with van der Waals surface area (Å²) in [6.07, 6.45) is 1.36. The monoisotopic (exact) mass is 269 g/mol. The lowest BCUT2D eigenvalue weighted by Gasteiger charge is -2.29. The van der Waals surface area contributed by atoms with E-state index in [2.05, 4.69) is 10.3 Å². The van der Waals surface area contributed by atoms with Crippen LogP contribution in [-0.2, 0) is 11.3 Å². The van der Waals surface area contributed by atoms with Gasteiger partial charge in [-0.2, -0.15) is 0 Å². The second-order valence-electron chi connectivity index (χ2n) is 4.84. The Hall–Kier alpha value is -0.980. The molecule has 0 aliphatic heterocycles. The molecule has 0 unspecified atom stereocenters. The number of hydrogen-bond donors (Lipinski definition) is 3. The summed E-state index contributed by atoms with van der Waals surface area (Å²) in [5, 5.41) is 15.4. The Kier molecular flexibility index (Phi) is 4.31. The van der Waals surface area contributed by atoms with Gasteiger partial charge in [0.1, 0.15) is 5.01 Å². The van der Waals surface area contributed by atoms with Crippen LogP contribution >= 0.6 is 11.3 Å². The van der Waals surface area contributed by atoms with Crippen LogP contribution in [0.3, 0.4) is 0 Å². The van der Waals surface area contributed by atoms with Crippen molar-refractivity contribution in [2.45, 2.75) is 44.9 Å². The maximum atomic E-state index is 11.9. The number of thiazole rings is 1. The van der Waals surface area contributed by atoms with Crippen molar-refractivity contribution in [3.63, 3.8) is 0 Å². The molecule has 1 aliphatic carbocycles. The fraction of sp³-hybridized carbons (Fsp3) is 0.667. The van der Waals surface area contributed by atoms with Crippen molar-refractivity contribution in [2.75, 3.05) is 0 Å². The number of aliphatic hydroxyl groups is 1. The molecule has 0 saturated heterocycles. The number of aromatic nitrogens is 1. The predicted octanol–water partition coefficient (Wildman–Crippen LogP) is 0.556. The van der Waals surface area contributed by atoms with E-state index in [1.54, 1.807) is 11.3 Å². The molecular weight excluding hydrogens is 250 g/mol. The van der Waals surface area contributed by atoms with Crippen LogP contribution in [0.4, 0.5) is 0 Å². The number of rotatable bonds is 3. The van der Waals surface area contributed by atoms with Gasteiger partial charge in [0.15, 0.2) is 0 Å². The van der Waals surface area contributed by atoms with E-state index in [1.807, 2.05) is 12.3 Å². The Morgan fingerprint density at radius 1 is 1.67 bits per heavy atom. The average Bonchev–Trinajstić information content (AvgIpc) is 2.75. The van der Waals surface area contributed by atoms with Crippen LogP contribution in [0.5, 0.6) is 0 Å². The normalized spacial score (nSPS) is 28.1. The van der Waals surface area contributed by atoms with Crippen molar-refractivity contribution in [1.82, 2.24) is 10.3 Å². The maximum Gasteiger partial charge on any atom is 0.223 e. The highest BCUT2D eigenvalue weighted by Gasteiger charge is 2.30. The Morgan fingerprint density at radius 2 is 2.44 bits per heavy atom.